The first-order valence-electron chi connectivity index (χ1n) is 10.2. The number of allylic oxidation sites excluding steroid dienone is 2. The number of halogens is 2. The molecule has 2 aromatic carbocycles. The highest BCUT2D eigenvalue weighted by atomic mass is 35.5. The Bertz CT molecular complexity index is 1070. The number of hydrazone groups is 1. The van der Waals surface area contributed by atoms with Crippen LogP contribution in [0.15, 0.2) is 72.9 Å². The van der Waals surface area contributed by atoms with Gasteiger partial charge >= 0.3 is 5.97 Å². The molecule has 9 heteroatoms. The number of hydrogen-bond acceptors (Lipinski definition) is 7. The maximum atomic E-state index is 14.3. The molecule has 7 nitrogen and oxygen atoms in total. The van der Waals surface area contributed by atoms with Gasteiger partial charge in [-0.15, -0.1) is 5.06 Å². The summed E-state index contributed by atoms with van der Waals surface area (Å²) in [5.74, 6) is -0.797. The molecule has 180 valence electrons. The molecule has 0 N–H and O–H groups in total. The van der Waals surface area contributed by atoms with E-state index < -0.39 is 11.8 Å². The number of carbonyl (C=O) groups is 1. The minimum absolute atomic E-state index is 0.00785. The highest BCUT2D eigenvalue weighted by Gasteiger charge is 2.16. The summed E-state index contributed by atoms with van der Waals surface area (Å²) in [5.41, 5.74) is 1.27. The molecular weight excluding hydrogens is 461 g/mol. The van der Waals surface area contributed by atoms with Gasteiger partial charge < -0.3 is 14.3 Å². The van der Waals surface area contributed by atoms with Crippen molar-refractivity contribution in [2.75, 3.05) is 33.9 Å². The molecule has 0 bridgehead atoms. The molecule has 0 fully saturated rings. The van der Waals surface area contributed by atoms with Gasteiger partial charge in [0.25, 0.3) is 0 Å². The van der Waals surface area contributed by atoms with E-state index >= 15 is 0 Å². The number of rotatable bonds is 13. The summed E-state index contributed by atoms with van der Waals surface area (Å²) in [7, 11) is 2.94. The predicted molar refractivity (Wildman–Crippen MR) is 133 cm³/mol. The second-order valence-electron chi connectivity index (χ2n) is 6.88. The number of nitrogens with zero attached hydrogens (tertiary/aromatic N) is 3. The van der Waals surface area contributed by atoms with E-state index in [0.29, 0.717) is 28.6 Å². The SMILES string of the molecule is C=C/C=C\CN(CCOc1ccc(C(=O)OC)cc1F)Oc1ccc(Cl)cc1C(=C)N(C)N=C. The van der Waals surface area contributed by atoms with Gasteiger partial charge in [0, 0.05) is 24.4 Å². The maximum Gasteiger partial charge on any atom is 0.337 e. The van der Waals surface area contributed by atoms with Gasteiger partial charge in [-0.1, -0.05) is 43.0 Å². The van der Waals surface area contributed by atoms with Crippen molar-refractivity contribution in [2.24, 2.45) is 5.10 Å². The molecule has 0 saturated heterocycles. The first-order valence-corrected chi connectivity index (χ1v) is 10.6. The van der Waals surface area contributed by atoms with Crippen LogP contribution in [0.4, 0.5) is 4.39 Å². The molecule has 2 aromatic rings. The van der Waals surface area contributed by atoms with E-state index in [1.807, 2.05) is 6.08 Å². The summed E-state index contributed by atoms with van der Waals surface area (Å²) in [6.45, 7) is 12.0. The van der Waals surface area contributed by atoms with Crippen molar-refractivity contribution in [3.8, 4) is 11.5 Å². The van der Waals surface area contributed by atoms with Crippen molar-refractivity contribution in [1.82, 2.24) is 10.1 Å². The van der Waals surface area contributed by atoms with E-state index in [9.17, 15) is 9.18 Å². The molecule has 0 spiro atoms. The third-order valence-corrected chi connectivity index (χ3v) is 4.85. The van der Waals surface area contributed by atoms with Crippen LogP contribution < -0.4 is 9.57 Å². The molecule has 0 aliphatic rings. The number of benzene rings is 2. The number of ether oxygens (including phenoxy) is 2. The second-order valence-corrected chi connectivity index (χ2v) is 7.32. The fraction of sp³-hybridized carbons (Fsp3) is 0.200. The number of carbonyl (C=O) groups excluding carboxylic acids is 1. The number of esters is 1. The van der Waals surface area contributed by atoms with Crippen LogP contribution >= 0.6 is 11.6 Å². The summed E-state index contributed by atoms with van der Waals surface area (Å²) >= 11 is 6.17. The molecule has 0 radical (unpaired) electrons. The monoisotopic (exact) mass is 487 g/mol. The van der Waals surface area contributed by atoms with Crippen molar-refractivity contribution in [3.63, 3.8) is 0 Å². The van der Waals surface area contributed by atoms with Crippen LogP contribution in [0.5, 0.6) is 11.5 Å². The Labute approximate surface area is 203 Å². The Morgan fingerprint density at radius 2 is 1.97 bits per heavy atom. The highest BCUT2D eigenvalue weighted by molar-refractivity contribution is 6.30. The molecule has 0 aliphatic heterocycles. The molecule has 34 heavy (non-hydrogen) atoms. The molecule has 0 heterocycles. The first-order chi connectivity index (χ1) is 16.3. The average molecular weight is 488 g/mol. The largest absolute Gasteiger partial charge is 0.489 e. The lowest BCUT2D eigenvalue weighted by Crippen LogP contribution is -2.32. The molecule has 0 aromatic heterocycles. The predicted octanol–water partition coefficient (Wildman–Crippen LogP) is 5.20. The fourth-order valence-electron chi connectivity index (χ4n) is 2.78. The van der Waals surface area contributed by atoms with Crippen LogP contribution in [-0.4, -0.2) is 56.6 Å². The van der Waals surface area contributed by atoms with E-state index in [1.165, 1.54) is 24.3 Å². The number of hydroxylamine groups is 2. The fourth-order valence-corrected chi connectivity index (χ4v) is 2.95. The topological polar surface area (TPSA) is 63.6 Å². The Balaban J connectivity index is 2.16. The minimum atomic E-state index is -0.668. The van der Waals surface area contributed by atoms with Gasteiger partial charge in [0.05, 0.1) is 31.5 Å². The highest BCUT2D eigenvalue weighted by Crippen LogP contribution is 2.30. The van der Waals surface area contributed by atoms with Crippen molar-refractivity contribution in [2.45, 2.75) is 0 Å². The zero-order valence-corrected chi connectivity index (χ0v) is 19.9. The molecule has 0 unspecified atom stereocenters. The number of methoxy groups -OCH3 is 1. The quantitative estimate of drug-likeness (QED) is 0.167. The van der Waals surface area contributed by atoms with E-state index in [1.54, 1.807) is 42.5 Å². The smallest absolute Gasteiger partial charge is 0.337 e. The lowest BCUT2D eigenvalue weighted by Gasteiger charge is -2.24. The van der Waals surface area contributed by atoms with Crippen LogP contribution in [-0.2, 0) is 4.74 Å². The molecule has 0 amide bonds. The van der Waals surface area contributed by atoms with Gasteiger partial charge in [-0.3, -0.25) is 5.01 Å². The maximum absolute atomic E-state index is 14.3. The van der Waals surface area contributed by atoms with Crippen LogP contribution in [0.25, 0.3) is 5.70 Å². The van der Waals surface area contributed by atoms with Gasteiger partial charge in [0.2, 0.25) is 0 Å². The Morgan fingerprint density at radius 1 is 1.24 bits per heavy atom. The lowest BCUT2D eigenvalue weighted by atomic mass is 10.1. The van der Waals surface area contributed by atoms with Crippen LogP contribution in [0.3, 0.4) is 0 Å². The van der Waals surface area contributed by atoms with Gasteiger partial charge in [-0.05, 0) is 36.4 Å². The molecule has 2 rings (SSSR count). The van der Waals surface area contributed by atoms with Crippen molar-refractivity contribution in [1.29, 1.82) is 0 Å². The summed E-state index contributed by atoms with van der Waals surface area (Å²) in [6, 6.07) is 9.01. The lowest BCUT2D eigenvalue weighted by molar-refractivity contribution is -0.0555. The molecule has 0 atom stereocenters. The Kier molecular flexibility index (Phi) is 10.3. The third-order valence-electron chi connectivity index (χ3n) is 4.62. The third kappa shape index (κ3) is 7.47. The van der Waals surface area contributed by atoms with Crippen molar-refractivity contribution < 1.29 is 23.5 Å². The van der Waals surface area contributed by atoms with Gasteiger partial charge in [-0.2, -0.15) is 5.10 Å². The first kappa shape index (κ1) is 26.6. The van der Waals surface area contributed by atoms with E-state index in [4.69, 9.17) is 21.2 Å². The zero-order valence-electron chi connectivity index (χ0n) is 19.2. The van der Waals surface area contributed by atoms with E-state index in [2.05, 4.69) is 29.7 Å². The van der Waals surface area contributed by atoms with E-state index in [0.717, 1.165) is 6.07 Å². The van der Waals surface area contributed by atoms with Gasteiger partial charge in [0.1, 0.15) is 6.61 Å². The second kappa shape index (κ2) is 13.2. The number of hydrogen-bond donors (Lipinski definition) is 0. The molecule has 0 saturated carbocycles. The standard InChI is InChI=1S/C25H27ClFN3O4/c1-6-7-8-13-30(14-15-33-24-11-9-19(16-22(24)27)25(31)32-5)34-23-12-10-20(26)17-21(23)18(2)29(4)28-3/h6-12,16-17H,1-3,13-15H2,4-5H3/b8-7-. The van der Waals surface area contributed by atoms with Gasteiger partial charge in [-0.25, -0.2) is 9.18 Å². The van der Waals surface area contributed by atoms with Crippen LogP contribution in [0.2, 0.25) is 5.02 Å². The van der Waals surface area contributed by atoms with Crippen LogP contribution in [0.1, 0.15) is 15.9 Å². The summed E-state index contributed by atoms with van der Waals surface area (Å²) in [6.07, 6.45) is 5.27. The normalized spacial score (nSPS) is 10.7. The zero-order chi connectivity index (χ0) is 25.1. The summed E-state index contributed by atoms with van der Waals surface area (Å²) < 4.78 is 24.5. The molecule has 0 aliphatic carbocycles. The summed E-state index contributed by atoms with van der Waals surface area (Å²) in [4.78, 5) is 17.6. The summed E-state index contributed by atoms with van der Waals surface area (Å²) in [5, 5.41) is 7.49. The van der Waals surface area contributed by atoms with Crippen LogP contribution in [0, 0.1) is 5.82 Å². The average Bonchev–Trinajstić information content (AvgIpc) is 2.84. The molecular formula is C25H27ClFN3O4. The van der Waals surface area contributed by atoms with Crippen molar-refractivity contribution >= 4 is 30.0 Å². The van der Waals surface area contributed by atoms with E-state index in [-0.39, 0.29) is 24.5 Å². The Hall–Kier alpha value is -3.62. The van der Waals surface area contributed by atoms with Gasteiger partial charge in [0.15, 0.2) is 17.3 Å². The van der Waals surface area contributed by atoms with Crippen molar-refractivity contribution in [3.05, 3.63) is 89.8 Å². The Morgan fingerprint density at radius 3 is 2.62 bits per heavy atom. The minimum Gasteiger partial charge on any atom is -0.489 e.